The minimum Gasteiger partial charge on any atom is -0.380 e. The molecule has 0 bridgehead atoms. The fourth-order valence-electron chi connectivity index (χ4n) is 3.85. The van der Waals surface area contributed by atoms with E-state index in [0.717, 1.165) is 35.5 Å². The van der Waals surface area contributed by atoms with E-state index in [1.54, 1.807) is 24.1 Å². The summed E-state index contributed by atoms with van der Waals surface area (Å²) in [6.07, 6.45) is 7.23. The lowest BCUT2D eigenvalue weighted by atomic mass is 9.90. The average molecular weight is 410 g/mol. The molecule has 0 aliphatic carbocycles. The molecule has 9 nitrogen and oxygen atoms in total. The largest absolute Gasteiger partial charge is 0.380 e. The average Bonchev–Trinajstić information content (AvgIpc) is 3.38. The van der Waals surface area contributed by atoms with Crippen LogP contribution in [0.25, 0.3) is 0 Å². The summed E-state index contributed by atoms with van der Waals surface area (Å²) in [6, 6.07) is 1.70. The van der Waals surface area contributed by atoms with Crippen LogP contribution in [0.15, 0.2) is 29.2 Å². The summed E-state index contributed by atoms with van der Waals surface area (Å²) < 4.78 is 12.4. The van der Waals surface area contributed by atoms with Crippen LogP contribution in [0.1, 0.15) is 57.7 Å². The smallest absolute Gasteiger partial charge is 0.276 e. The Kier molecular flexibility index (Phi) is 5.89. The highest BCUT2D eigenvalue weighted by atomic mass is 16.5. The standard InChI is InChI=1S/C21H26N6O3/c1-14-9-23-27(11-14)12-18-8-19(25-30-18)21(28)26-6-4-16(5-7-26)20-17(13-29-3)10-22-15(2)24-20/h8-11,16H,4-7,12-13H2,1-3H3. The maximum atomic E-state index is 12.9. The highest BCUT2D eigenvalue weighted by Crippen LogP contribution is 2.30. The SMILES string of the molecule is COCc1cnc(C)nc1C1CCN(C(=O)c2cc(Cn3cc(C)cn3)on2)CC1. The Morgan fingerprint density at radius 2 is 2.07 bits per heavy atom. The van der Waals surface area contributed by atoms with Crippen LogP contribution in [0, 0.1) is 13.8 Å². The number of rotatable bonds is 6. The Morgan fingerprint density at radius 3 is 2.77 bits per heavy atom. The number of hydrogen-bond donors (Lipinski definition) is 0. The van der Waals surface area contributed by atoms with Gasteiger partial charge in [-0.1, -0.05) is 5.16 Å². The first-order chi connectivity index (χ1) is 14.5. The molecule has 0 unspecified atom stereocenters. The summed E-state index contributed by atoms with van der Waals surface area (Å²) in [5, 5.41) is 8.21. The van der Waals surface area contributed by atoms with E-state index in [9.17, 15) is 4.79 Å². The van der Waals surface area contributed by atoms with E-state index in [1.807, 2.05) is 31.1 Å². The summed E-state index contributed by atoms with van der Waals surface area (Å²) in [5.74, 6) is 1.55. The van der Waals surface area contributed by atoms with Crippen molar-refractivity contribution in [1.82, 2.24) is 29.8 Å². The van der Waals surface area contributed by atoms with Gasteiger partial charge in [0.15, 0.2) is 11.5 Å². The van der Waals surface area contributed by atoms with Crippen molar-refractivity contribution in [2.45, 2.75) is 45.8 Å². The highest BCUT2D eigenvalue weighted by molar-refractivity contribution is 5.92. The van der Waals surface area contributed by atoms with Crippen LogP contribution >= 0.6 is 0 Å². The molecule has 1 aliphatic rings. The van der Waals surface area contributed by atoms with Gasteiger partial charge in [0.05, 0.1) is 18.5 Å². The Labute approximate surface area is 175 Å². The quantitative estimate of drug-likeness (QED) is 0.615. The first-order valence-electron chi connectivity index (χ1n) is 10.1. The molecule has 0 saturated carbocycles. The predicted molar refractivity (Wildman–Crippen MR) is 108 cm³/mol. The third-order valence-electron chi connectivity index (χ3n) is 5.35. The molecular formula is C21H26N6O3. The molecular weight excluding hydrogens is 384 g/mol. The van der Waals surface area contributed by atoms with Crippen molar-refractivity contribution in [1.29, 1.82) is 0 Å². The molecule has 158 valence electrons. The molecule has 4 heterocycles. The molecule has 4 rings (SSSR count). The molecule has 0 aromatic carbocycles. The van der Waals surface area contributed by atoms with Crippen LogP contribution in [0.2, 0.25) is 0 Å². The van der Waals surface area contributed by atoms with Crippen molar-refractivity contribution < 1.29 is 14.1 Å². The second-order valence-electron chi connectivity index (χ2n) is 7.72. The summed E-state index contributed by atoms with van der Waals surface area (Å²) >= 11 is 0. The van der Waals surface area contributed by atoms with E-state index in [0.29, 0.717) is 37.7 Å². The predicted octanol–water partition coefficient (Wildman–Crippen LogP) is 2.49. The Morgan fingerprint density at radius 1 is 1.27 bits per heavy atom. The van der Waals surface area contributed by atoms with Gasteiger partial charge in [0.25, 0.3) is 5.91 Å². The Balaban J connectivity index is 1.39. The number of nitrogens with zero attached hydrogens (tertiary/aromatic N) is 6. The fourth-order valence-corrected chi connectivity index (χ4v) is 3.85. The maximum absolute atomic E-state index is 12.9. The number of likely N-dealkylation sites (tertiary alicyclic amines) is 1. The zero-order valence-corrected chi connectivity index (χ0v) is 17.5. The number of aryl methyl sites for hydroxylation is 2. The van der Waals surface area contributed by atoms with Gasteiger partial charge in [-0.25, -0.2) is 9.97 Å². The number of ether oxygens (including phenoxy) is 1. The van der Waals surface area contributed by atoms with Gasteiger partial charge >= 0.3 is 0 Å². The van der Waals surface area contributed by atoms with Crippen molar-refractivity contribution >= 4 is 5.91 Å². The summed E-state index contributed by atoms with van der Waals surface area (Å²) in [7, 11) is 1.67. The van der Waals surface area contributed by atoms with E-state index < -0.39 is 0 Å². The number of carbonyl (C=O) groups excluding carboxylic acids is 1. The van der Waals surface area contributed by atoms with Gasteiger partial charge in [-0.05, 0) is 32.3 Å². The molecule has 0 N–H and O–H groups in total. The van der Waals surface area contributed by atoms with Crippen molar-refractivity contribution in [3.05, 3.63) is 58.8 Å². The number of methoxy groups -OCH3 is 1. The third-order valence-corrected chi connectivity index (χ3v) is 5.35. The van der Waals surface area contributed by atoms with Crippen LogP contribution in [-0.4, -0.2) is 55.9 Å². The Bertz CT molecular complexity index is 1020. The summed E-state index contributed by atoms with van der Waals surface area (Å²) in [6.45, 7) is 6.12. The van der Waals surface area contributed by atoms with Gasteiger partial charge in [0.1, 0.15) is 12.4 Å². The number of amides is 1. The van der Waals surface area contributed by atoms with E-state index in [4.69, 9.17) is 9.26 Å². The maximum Gasteiger partial charge on any atom is 0.276 e. The van der Waals surface area contributed by atoms with Crippen molar-refractivity contribution in [3.63, 3.8) is 0 Å². The topological polar surface area (TPSA) is 99.2 Å². The zero-order valence-electron chi connectivity index (χ0n) is 17.5. The number of aromatic nitrogens is 5. The highest BCUT2D eigenvalue weighted by Gasteiger charge is 2.28. The lowest BCUT2D eigenvalue weighted by Crippen LogP contribution is -2.38. The fraction of sp³-hybridized carbons (Fsp3) is 0.476. The first kappa shape index (κ1) is 20.2. The minimum absolute atomic E-state index is 0.101. The van der Waals surface area contributed by atoms with Crippen molar-refractivity contribution in [2.75, 3.05) is 20.2 Å². The van der Waals surface area contributed by atoms with E-state index in [1.165, 1.54) is 0 Å². The van der Waals surface area contributed by atoms with Crippen LogP contribution < -0.4 is 0 Å². The van der Waals surface area contributed by atoms with E-state index in [2.05, 4.69) is 20.2 Å². The first-order valence-corrected chi connectivity index (χ1v) is 10.1. The minimum atomic E-state index is -0.101. The molecule has 0 spiro atoms. The van der Waals surface area contributed by atoms with Crippen molar-refractivity contribution in [2.24, 2.45) is 0 Å². The number of piperidine rings is 1. The summed E-state index contributed by atoms with van der Waals surface area (Å²) in [5.41, 5.74) is 3.46. The second-order valence-corrected chi connectivity index (χ2v) is 7.72. The van der Waals surface area contributed by atoms with Gasteiger partial charge in [0, 0.05) is 50.1 Å². The van der Waals surface area contributed by atoms with Crippen LogP contribution in [0.3, 0.4) is 0 Å². The molecule has 1 aliphatic heterocycles. The molecule has 1 amide bonds. The monoisotopic (exact) mass is 410 g/mol. The van der Waals surface area contributed by atoms with E-state index in [-0.39, 0.29) is 11.8 Å². The zero-order chi connectivity index (χ0) is 21.1. The molecule has 0 radical (unpaired) electrons. The van der Waals surface area contributed by atoms with Gasteiger partial charge in [0.2, 0.25) is 0 Å². The molecule has 9 heteroatoms. The molecule has 0 atom stereocenters. The van der Waals surface area contributed by atoms with Gasteiger partial charge in [-0.15, -0.1) is 0 Å². The molecule has 30 heavy (non-hydrogen) atoms. The van der Waals surface area contributed by atoms with Gasteiger partial charge < -0.3 is 14.2 Å². The lowest BCUT2D eigenvalue weighted by Gasteiger charge is -2.32. The normalized spacial score (nSPS) is 15.0. The molecule has 3 aromatic heterocycles. The number of carbonyl (C=O) groups is 1. The molecule has 1 saturated heterocycles. The number of hydrogen-bond acceptors (Lipinski definition) is 7. The molecule has 1 fully saturated rings. The van der Waals surface area contributed by atoms with Crippen LogP contribution in [0.4, 0.5) is 0 Å². The van der Waals surface area contributed by atoms with E-state index >= 15 is 0 Å². The summed E-state index contributed by atoms with van der Waals surface area (Å²) in [4.78, 5) is 23.7. The molecule has 3 aromatic rings. The third kappa shape index (κ3) is 4.40. The van der Waals surface area contributed by atoms with Crippen LogP contribution in [-0.2, 0) is 17.9 Å². The van der Waals surface area contributed by atoms with Crippen molar-refractivity contribution in [3.8, 4) is 0 Å². The second kappa shape index (κ2) is 8.74. The Hall–Kier alpha value is -3.07. The lowest BCUT2D eigenvalue weighted by molar-refractivity contribution is 0.0700. The van der Waals surface area contributed by atoms with Gasteiger partial charge in [-0.2, -0.15) is 5.10 Å². The van der Waals surface area contributed by atoms with Gasteiger partial charge in [-0.3, -0.25) is 9.48 Å². The van der Waals surface area contributed by atoms with Crippen LogP contribution in [0.5, 0.6) is 0 Å².